The van der Waals surface area contributed by atoms with Crippen LogP contribution in [0, 0.1) is 0 Å². The van der Waals surface area contributed by atoms with E-state index < -0.39 is 5.91 Å². The van der Waals surface area contributed by atoms with Crippen LogP contribution in [-0.4, -0.2) is 22.0 Å². The quantitative estimate of drug-likeness (QED) is 0.816. The van der Waals surface area contributed by atoms with E-state index in [0.717, 1.165) is 0 Å². The van der Waals surface area contributed by atoms with Crippen LogP contribution in [0.15, 0.2) is 28.8 Å². The Morgan fingerprint density at radius 3 is 2.74 bits per heavy atom. The Morgan fingerprint density at radius 2 is 2.09 bits per heavy atom. The van der Waals surface area contributed by atoms with Gasteiger partial charge in [-0.05, 0) is 18.2 Å². The van der Waals surface area contributed by atoms with E-state index in [4.69, 9.17) is 16.1 Å². The van der Waals surface area contributed by atoms with Crippen LogP contribution in [0.3, 0.4) is 0 Å². The van der Waals surface area contributed by atoms with Gasteiger partial charge in [0, 0.05) is 29.3 Å². The van der Waals surface area contributed by atoms with Crippen LogP contribution in [0.4, 0.5) is 0 Å². The van der Waals surface area contributed by atoms with Crippen molar-refractivity contribution in [1.82, 2.24) is 21.0 Å². The van der Waals surface area contributed by atoms with E-state index in [9.17, 15) is 9.59 Å². The second-order valence-corrected chi connectivity index (χ2v) is 5.65. The molecule has 2 N–H and O–H groups in total. The Bertz CT molecular complexity index is 700. The predicted octanol–water partition coefficient (Wildman–Crippen LogP) is 2.24. The van der Waals surface area contributed by atoms with Gasteiger partial charge >= 0.3 is 0 Å². The third kappa shape index (κ3) is 5.07. The third-order valence-corrected chi connectivity index (χ3v) is 3.20. The molecule has 0 saturated carbocycles. The Hall–Kier alpha value is -2.41. The number of benzene rings is 1. The van der Waals surface area contributed by atoms with E-state index in [-0.39, 0.29) is 18.2 Å². The number of hydrazine groups is 1. The first kappa shape index (κ1) is 17.0. The van der Waals surface area contributed by atoms with E-state index in [1.165, 1.54) is 6.07 Å². The van der Waals surface area contributed by atoms with Gasteiger partial charge in [-0.1, -0.05) is 36.7 Å². The monoisotopic (exact) mass is 336 g/mol. The molecular formula is C15H17ClN4O3. The van der Waals surface area contributed by atoms with Crippen molar-refractivity contribution in [3.05, 3.63) is 46.6 Å². The van der Waals surface area contributed by atoms with Crippen LogP contribution >= 0.6 is 11.6 Å². The van der Waals surface area contributed by atoms with Gasteiger partial charge in [0.1, 0.15) is 0 Å². The van der Waals surface area contributed by atoms with Gasteiger partial charge < -0.3 is 4.52 Å². The first-order valence-corrected chi connectivity index (χ1v) is 7.50. The molecule has 122 valence electrons. The molecule has 1 heterocycles. The molecule has 0 aliphatic rings. The van der Waals surface area contributed by atoms with Crippen LogP contribution in [-0.2, 0) is 11.2 Å². The van der Waals surface area contributed by atoms with Crippen LogP contribution in [0.1, 0.15) is 48.3 Å². The van der Waals surface area contributed by atoms with Gasteiger partial charge in [0.25, 0.3) is 5.91 Å². The molecule has 0 unspecified atom stereocenters. The molecule has 0 bridgehead atoms. The summed E-state index contributed by atoms with van der Waals surface area (Å²) in [5.41, 5.74) is 5.01. The molecule has 0 aliphatic heterocycles. The molecule has 2 amide bonds. The summed E-state index contributed by atoms with van der Waals surface area (Å²) < 4.78 is 5.04. The van der Waals surface area contributed by atoms with Crippen molar-refractivity contribution in [2.75, 3.05) is 0 Å². The van der Waals surface area contributed by atoms with Gasteiger partial charge in [0.05, 0.1) is 0 Å². The summed E-state index contributed by atoms with van der Waals surface area (Å²) in [5, 5.41) is 4.26. The number of rotatable bonds is 5. The maximum Gasteiger partial charge on any atom is 0.269 e. The second kappa shape index (κ2) is 7.73. The lowest BCUT2D eigenvalue weighted by Crippen LogP contribution is -2.41. The number of nitrogens with one attached hydrogen (secondary N) is 2. The van der Waals surface area contributed by atoms with E-state index in [1.807, 2.05) is 13.8 Å². The van der Waals surface area contributed by atoms with Crippen molar-refractivity contribution in [2.24, 2.45) is 0 Å². The van der Waals surface area contributed by atoms with Crippen molar-refractivity contribution in [2.45, 2.75) is 32.6 Å². The summed E-state index contributed by atoms with van der Waals surface area (Å²) in [5.74, 6) is 0.364. The predicted molar refractivity (Wildman–Crippen MR) is 83.8 cm³/mol. The lowest BCUT2D eigenvalue weighted by Gasteiger charge is -2.06. The van der Waals surface area contributed by atoms with Crippen molar-refractivity contribution in [3.8, 4) is 0 Å². The number of aryl methyl sites for hydroxylation is 1. The maximum atomic E-state index is 11.8. The summed E-state index contributed by atoms with van der Waals surface area (Å²) in [6.45, 7) is 3.90. The molecule has 2 rings (SSSR count). The number of carbonyl (C=O) groups excluding carboxylic acids is 2. The molecule has 8 heteroatoms. The normalized spacial score (nSPS) is 10.6. The molecule has 0 radical (unpaired) electrons. The molecule has 0 fully saturated rings. The minimum Gasteiger partial charge on any atom is -0.339 e. The number of halogens is 1. The summed E-state index contributed by atoms with van der Waals surface area (Å²) in [7, 11) is 0. The van der Waals surface area contributed by atoms with E-state index in [0.29, 0.717) is 28.7 Å². The molecule has 0 aliphatic carbocycles. The number of nitrogens with zero attached hydrogens (tertiary/aromatic N) is 2. The molecule has 7 nitrogen and oxygen atoms in total. The van der Waals surface area contributed by atoms with Crippen molar-refractivity contribution in [3.63, 3.8) is 0 Å². The van der Waals surface area contributed by atoms with Crippen LogP contribution in [0.25, 0.3) is 0 Å². The number of aromatic nitrogens is 2. The van der Waals surface area contributed by atoms with Gasteiger partial charge in [-0.25, -0.2) is 0 Å². The lowest BCUT2D eigenvalue weighted by molar-refractivity contribution is -0.121. The Labute approximate surface area is 138 Å². The minimum absolute atomic E-state index is 0.121. The molecular weight excluding hydrogens is 320 g/mol. The largest absolute Gasteiger partial charge is 0.339 e. The van der Waals surface area contributed by atoms with Gasteiger partial charge in [0.15, 0.2) is 5.82 Å². The molecule has 1 aromatic carbocycles. The average molecular weight is 337 g/mol. The van der Waals surface area contributed by atoms with E-state index in [1.54, 1.807) is 18.2 Å². The fourth-order valence-electron chi connectivity index (χ4n) is 1.72. The van der Waals surface area contributed by atoms with E-state index in [2.05, 4.69) is 21.0 Å². The Balaban J connectivity index is 1.77. The zero-order valence-electron chi connectivity index (χ0n) is 12.8. The summed E-state index contributed by atoms with van der Waals surface area (Å²) in [4.78, 5) is 27.7. The number of hydrogen-bond acceptors (Lipinski definition) is 5. The molecule has 1 aromatic heterocycles. The summed E-state index contributed by atoms with van der Waals surface area (Å²) in [6, 6.07) is 6.42. The van der Waals surface area contributed by atoms with Gasteiger partial charge in [-0.3, -0.25) is 20.4 Å². The van der Waals surface area contributed by atoms with Crippen molar-refractivity contribution >= 4 is 23.4 Å². The molecule has 2 aromatic rings. The van der Waals surface area contributed by atoms with Crippen LogP contribution in [0.2, 0.25) is 5.02 Å². The van der Waals surface area contributed by atoms with Gasteiger partial charge in [0.2, 0.25) is 11.8 Å². The van der Waals surface area contributed by atoms with E-state index >= 15 is 0 Å². The average Bonchev–Trinajstić information content (AvgIpc) is 3.00. The fourth-order valence-corrected chi connectivity index (χ4v) is 1.91. The summed E-state index contributed by atoms with van der Waals surface area (Å²) >= 11 is 5.80. The van der Waals surface area contributed by atoms with Gasteiger partial charge in [-0.2, -0.15) is 4.98 Å². The zero-order chi connectivity index (χ0) is 16.8. The summed E-state index contributed by atoms with van der Waals surface area (Å²) in [6.07, 6.45) is 0.425. The third-order valence-electron chi connectivity index (χ3n) is 2.97. The van der Waals surface area contributed by atoms with Crippen LogP contribution in [0.5, 0.6) is 0 Å². The Morgan fingerprint density at radius 1 is 1.30 bits per heavy atom. The highest BCUT2D eigenvalue weighted by Gasteiger charge is 2.12. The van der Waals surface area contributed by atoms with Crippen LogP contribution < -0.4 is 10.9 Å². The van der Waals surface area contributed by atoms with Gasteiger partial charge in [-0.15, -0.1) is 0 Å². The Kier molecular flexibility index (Phi) is 5.70. The topological polar surface area (TPSA) is 97.1 Å². The molecule has 0 atom stereocenters. The van der Waals surface area contributed by atoms with Crippen molar-refractivity contribution < 1.29 is 14.1 Å². The molecule has 0 saturated heterocycles. The first-order chi connectivity index (χ1) is 11.0. The maximum absolute atomic E-state index is 11.8. The highest BCUT2D eigenvalue weighted by molar-refractivity contribution is 6.30. The number of amides is 2. The zero-order valence-corrected chi connectivity index (χ0v) is 13.6. The number of hydrogen-bond donors (Lipinski definition) is 2. The highest BCUT2D eigenvalue weighted by Crippen LogP contribution is 2.11. The highest BCUT2D eigenvalue weighted by atomic mass is 35.5. The minimum atomic E-state index is -0.444. The first-order valence-electron chi connectivity index (χ1n) is 7.13. The molecule has 23 heavy (non-hydrogen) atoms. The smallest absolute Gasteiger partial charge is 0.269 e. The van der Waals surface area contributed by atoms with Crippen molar-refractivity contribution in [1.29, 1.82) is 0 Å². The standard InChI is InChI=1S/C15H17ClN4O3/c1-9(2)14-17-13(23-20-14)7-6-12(21)18-19-15(22)10-4-3-5-11(16)8-10/h3-5,8-9H,6-7H2,1-2H3,(H,18,21)(H,19,22). The molecule has 0 spiro atoms. The fraction of sp³-hybridized carbons (Fsp3) is 0.333. The lowest BCUT2D eigenvalue weighted by atomic mass is 10.2. The SMILES string of the molecule is CC(C)c1noc(CCC(=O)NNC(=O)c2cccc(Cl)c2)n1. The number of carbonyl (C=O) groups is 2. The second-order valence-electron chi connectivity index (χ2n) is 5.21.